The van der Waals surface area contributed by atoms with E-state index >= 15 is 0 Å². The van der Waals surface area contributed by atoms with Gasteiger partial charge in [-0.25, -0.2) is 14.4 Å². The van der Waals surface area contributed by atoms with Crippen molar-refractivity contribution in [2.75, 3.05) is 44.4 Å². The van der Waals surface area contributed by atoms with E-state index in [1.54, 1.807) is 0 Å². The van der Waals surface area contributed by atoms with Crippen molar-refractivity contribution in [1.82, 2.24) is 29.5 Å². The lowest BCUT2D eigenvalue weighted by molar-refractivity contribution is 0.217. The molecular formula is C41H55FN10. The zero-order valence-corrected chi connectivity index (χ0v) is 32.0. The quantitative estimate of drug-likeness (QED) is 0.271. The lowest BCUT2D eigenvalue weighted by Gasteiger charge is -2.33. The van der Waals surface area contributed by atoms with Crippen LogP contribution in [0.4, 0.5) is 15.9 Å². The maximum atomic E-state index is 12.8. The van der Waals surface area contributed by atoms with Gasteiger partial charge in [-0.15, -0.1) is 0 Å². The first-order valence-corrected chi connectivity index (χ1v) is 19.0. The molecule has 7 rings (SSSR count). The van der Waals surface area contributed by atoms with E-state index < -0.39 is 11.6 Å². The molecule has 10 nitrogen and oxygen atoms in total. The van der Waals surface area contributed by atoms with Crippen LogP contribution in [0.5, 0.6) is 0 Å². The molecule has 0 spiro atoms. The topological polar surface area (TPSA) is 127 Å². The number of rotatable bonds is 7. The second-order valence-corrected chi connectivity index (χ2v) is 16.0. The minimum absolute atomic E-state index is 0.166. The van der Waals surface area contributed by atoms with Gasteiger partial charge in [0.1, 0.15) is 29.6 Å². The molecule has 3 aliphatic heterocycles. The summed E-state index contributed by atoms with van der Waals surface area (Å²) in [7, 11) is 3.92. The number of halogens is 1. The Hall–Kier alpha value is -4.48. The molecule has 52 heavy (non-hydrogen) atoms. The molecule has 276 valence electrons. The monoisotopic (exact) mass is 706 g/mol. The van der Waals surface area contributed by atoms with Gasteiger partial charge >= 0.3 is 0 Å². The average Bonchev–Trinajstić information content (AvgIpc) is 3.74. The van der Waals surface area contributed by atoms with Gasteiger partial charge in [0.05, 0.1) is 47.2 Å². The van der Waals surface area contributed by atoms with Gasteiger partial charge in [-0.3, -0.25) is 9.58 Å². The molecule has 5 heterocycles. The third kappa shape index (κ3) is 7.25. The molecule has 2 aromatic heterocycles. The van der Waals surface area contributed by atoms with Crippen LogP contribution in [0.25, 0.3) is 5.70 Å². The van der Waals surface area contributed by atoms with Crippen LogP contribution in [0.15, 0.2) is 24.8 Å². The smallest absolute Gasteiger partial charge is 0.136 e. The molecule has 0 bridgehead atoms. The maximum Gasteiger partial charge on any atom is 0.136 e. The van der Waals surface area contributed by atoms with Gasteiger partial charge in [-0.1, -0.05) is 32.9 Å². The fraction of sp³-hybridized carbons (Fsp3) is 0.585. The number of nitrogens with two attached hydrogens (primary N) is 1. The van der Waals surface area contributed by atoms with Gasteiger partial charge in [-0.2, -0.15) is 15.6 Å². The normalized spacial score (nSPS) is 25.1. The SMILES string of the molecule is C=C(c1cc2n(n1)CC(C)(C#N)CN(c1nc(CC)nc3c1CCC(c1c(CCC)ccc(N)c1C#N)C3)C2)N(C)C.CC12CCCN1CC(F)C2. The second-order valence-electron chi connectivity index (χ2n) is 16.0. The van der Waals surface area contributed by atoms with E-state index in [0.29, 0.717) is 43.9 Å². The minimum atomic E-state index is -0.659. The summed E-state index contributed by atoms with van der Waals surface area (Å²) in [5, 5.41) is 25.2. The number of alkyl halides is 1. The molecule has 11 heteroatoms. The third-order valence-corrected chi connectivity index (χ3v) is 11.7. The highest BCUT2D eigenvalue weighted by Crippen LogP contribution is 2.42. The van der Waals surface area contributed by atoms with Crippen LogP contribution in [-0.4, -0.2) is 75.0 Å². The zero-order chi connectivity index (χ0) is 37.4. The number of hydrogen-bond donors (Lipinski definition) is 1. The van der Waals surface area contributed by atoms with Crippen LogP contribution in [-0.2, 0) is 38.8 Å². The molecule has 0 amide bonds. The third-order valence-electron chi connectivity index (χ3n) is 11.7. The number of hydrogen-bond acceptors (Lipinski definition) is 9. The molecule has 1 aromatic carbocycles. The lowest BCUT2D eigenvalue weighted by atomic mass is 9.77. The van der Waals surface area contributed by atoms with Crippen LogP contribution in [0.1, 0.15) is 111 Å². The van der Waals surface area contributed by atoms with Gasteiger partial charge in [0.25, 0.3) is 0 Å². The van der Waals surface area contributed by atoms with Gasteiger partial charge in [0, 0.05) is 50.4 Å². The molecule has 2 N–H and O–H groups in total. The standard InChI is InChI=1S/C33H41N9.C8H14FN/c1-7-9-22-11-13-27(36)26(16-34)31(22)23-10-12-25-29(14-23)37-30(8-2)38-32(25)41-17-24-15-28(21(3)40(5)6)39-42(24)20-33(4,18-35)19-41;1-8-3-2-4-10(8)6-7(9)5-8/h11,13,15,23H,3,7-10,12,14,17,19-20,36H2,1-2,4-6H3;7H,2-6H2,1H3. The van der Waals surface area contributed by atoms with Crippen LogP contribution in [0, 0.1) is 28.1 Å². The minimum Gasteiger partial charge on any atom is -0.398 e. The largest absolute Gasteiger partial charge is 0.398 e. The molecule has 3 aromatic rings. The summed E-state index contributed by atoms with van der Waals surface area (Å²) in [6.45, 7) is 16.1. The van der Waals surface area contributed by atoms with Crippen LogP contribution in [0.3, 0.4) is 0 Å². The Bertz CT molecular complexity index is 1900. The maximum absolute atomic E-state index is 12.8. The second kappa shape index (κ2) is 14.9. The Morgan fingerprint density at radius 1 is 1.17 bits per heavy atom. The Morgan fingerprint density at radius 2 is 1.96 bits per heavy atom. The molecule has 4 aliphatic rings. The number of aromatic nitrogens is 4. The van der Waals surface area contributed by atoms with Crippen molar-refractivity contribution in [3.8, 4) is 12.1 Å². The summed E-state index contributed by atoms with van der Waals surface area (Å²) in [5.41, 5.74) is 14.2. The van der Waals surface area contributed by atoms with E-state index in [-0.39, 0.29) is 11.5 Å². The zero-order valence-electron chi connectivity index (χ0n) is 32.0. The fourth-order valence-electron chi connectivity index (χ4n) is 8.84. The van der Waals surface area contributed by atoms with Crippen molar-refractivity contribution in [2.24, 2.45) is 5.41 Å². The average molecular weight is 707 g/mol. The van der Waals surface area contributed by atoms with Crippen LogP contribution >= 0.6 is 0 Å². The van der Waals surface area contributed by atoms with E-state index in [1.807, 2.05) is 36.7 Å². The van der Waals surface area contributed by atoms with Crippen LogP contribution in [0.2, 0.25) is 0 Å². The molecule has 2 saturated heterocycles. The van der Waals surface area contributed by atoms with E-state index in [2.05, 4.69) is 61.4 Å². The number of anilines is 2. The Labute approximate surface area is 309 Å². The molecule has 2 fully saturated rings. The Balaban J connectivity index is 0.000000396. The summed E-state index contributed by atoms with van der Waals surface area (Å²) < 4.78 is 14.8. The molecule has 4 unspecified atom stereocenters. The van der Waals surface area contributed by atoms with Gasteiger partial charge in [-0.05, 0) is 94.5 Å². The number of aryl methyl sites for hydroxylation is 2. The number of fused-ring (bicyclic) bond motifs is 3. The lowest BCUT2D eigenvalue weighted by Crippen LogP contribution is -2.36. The molecule has 4 atom stereocenters. The predicted octanol–water partition coefficient (Wildman–Crippen LogP) is 6.58. The molecular weight excluding hydrogens is 652 g/mol. The van der Waals surface area contributed by atoms with Crippen LogP contribution < -0.4 is 10.6 Å². The Morgan fingerprint density at radius 3 is 2.63 bits per heavy atom. The van der Waals surface area contributed by atoms with E-state index in [4.69, 9.17) is 20.8 Å². The first-order valence-electron chi connectivity index (χ1n) is 19.0. The summed E-state index contributed by atoms with van der Waals surface area (Å²) in [5.74, 6) is 1.88. The van der Waals surface area contributed by atoms with Crippen molar-refractivity contribution in [3.63, 3.8) is 0 Å². The van der Waals surface area contributed by atoms with Gasteiger partial charge in [0.2, 0.25) is 0 Å². The predicted molar refractivity (Wildman–Crippen MR) is 204 cm³/mol. The van der Waals surface area contributed by atoms with Crippen molar-refractivity contribution in [2.45, 2.75) is 116 Å². The van der Waals surface area contributed by atoms with E-state index in [1.165, 1.54) is 18.4 Å². The highest BCUT2D eigenvalue weighted by Gasteiger charge is 2.45. The molecule has 0 radical (unpaired) electrons. The van der Waals surface area contributed by atoms with Crippen molar-refractivity contribution < 1.29 is 4.39 Å². The molecule has 0 saturated carbocycles. The highest BCUT2D eigenvalue weighted by atomic mass is 19.1. The van der Waals surface area contributed by atoms with Gasteiger partial charge in [0.15, 0.2) is 0 Å². The number of nitrogen functional groups attached to an aromatic ring is 1. The number of nitrogens with zero attached hydrogens (tertiary/aromatic N) is 9. The highest BCUT2D eigenvalue weighted by molar-refractivity contribution is 5.63. The fourth-order valence-corrected chi connectivity index (χ4v) is 8.84. The number of nitriles is 2. The van der Waals surface area contributed by atoms with Crippen molar-refractivity contribution in [3.05, 3.63) is 69.9 Å². The Kier molecular flexibility index (Phi) is 10.7. The first-order chi connectivity index (χ1) is 24.8. The summed E-state index contributed by atoms with van der Waals surface area (Å²) >= 11 is 0. The number of benzene rings is 1. The summed E-state index contributed by atoms with van der Waals surface area (Å²) in [6, 6.07) is 11.0. The van der Waals surface area contributed by atoms with E-state index in [9.17, 15) is 14.9 Å². The summed E-state index contributed by atoms with van der Waals surface area (Å²) in [6.07, 6.45) is 7.74. The van der Waals surface area contributed by atoms with Crippen molar-refractivity contribution in [1.29, 1.82) is 10.5 Å². The van der Waals surface area contributed by atoms with Crippen molar-refractivity contribution >= 4 is 17.2 Å². The van der Waals surface area contributed by atoms with E-state index in [0.717, 1.165) is 90.6 Å². The summed E-state index contributed by atoms with van der Waals surface area (Å²) in [4.78, 5) is 16.6. The first kappa shape index (κ1) is 37.3. The van der Waals surface area contributed by atoms with Gasteiger partial charge < -0.3 is 15.5 Å². The molecule has 1 aliphatic carbocycles.